The van der Waals surface area contributed by atoms with E-state index in [0.717, 1.165) is 11.3 Å². The predicted octanol–water partition coefficient (Wildman–Crippen LogP) is 1.39. The third-order valence-electron chi connectivity index (χ3n) is 3.88. The number of sulfone groups is 1. The summed E-state index contributed by atoms with van der Waals surface area (Å²) in [5.74, 6) is -0.0188. The number of hydrogen-bond acceptors (Lipinski definition) is 5. The van der Waals surface area contributed by atoms with Gasteiger partial charge in [-0.2, -0.15) is 0 Å². The van der Waals surface area contributed by atoms with Crippen LogP contribution in [0.15, 0.2) is 12.1 Å². The molecule has 0 aromatic heterocycles. The van der Waals surface area contributed by atoms with E-state index in [1.54, 1.807) is 19.9 Å². The molecule has 7 heteroatoms. The Labute approximate surface area is 125 Å². The SMILES string of the molecule is CC(C)(CNc1cc2c(cc1N)CCC(=O)N2)S(C)(=O)=O. The summed E-state index contributed by atoms with van der Waals surface area (Å²) in [6.07, 6.45) is 2.34. The number of amides is 1. The molecule has 1 aromatic rings. The van der Waals surface area contributed by atoms with Crippen molar-refractivity contribution >= 4 is 32.8 Å². The lowest BCUT2D eigenvalue weighted by atomic mass is 10.0. The molecule has 2 rings (SSSR count). The second kappa shape index (κ2) is 5.22. The van der Waals surface area contributed by atoms with Gasteiger partial charge < -0.3 is 16.4 Å². The molecule has 0 saturated carbocycles. The minimum Gasteiger partial charge on any atom is -0.397 e. The van der Waals surface area contributed by atoms with E-state index >= 15 is 0 Å². The van der Waals surface area contributed by atoms with Crippen molar-refractivity contribution in [3.8, 4) is 0 Å². The van der Waals surface area contributed by atoms with Crippen molar-refractivity contribution < 1.29 is 13.2 Å². The number of carbonyl (C=O) groups is 1. The van der Waals surface area contributed by atoms with Crippen molar-refractivity contribution in [2.24, 2.45) is 0 Å². The quantitative estimate of drug-likeness (QED) is 0.729. The van der Waals surface area contributed by atoms with Gasteiger partial charge in [-0.3, -0.25) is 4.79 Å². The number of fused-ring (bicyclic) bond motifs is 1. The van der Waals surface area contributed by atoms with E-state index in [0.29, 0.717) is 24.2 Å². The van der Waals surface area contributed by atoms with Gasteiger partial charge in [0, 0.05) is 24.9 Å². The van der Waals surface area contributed by atoms with Crippen molar-refractivity contribution in [3.63, 3.8) is 0 Å². The maximum Gasteiger partial charge on any atom is 0.224 e. The summed E-state index contributed by atoms with van der Waals surface area (Å²) in [7, 11) is -3.18. The summed E-state index contributed by atoms with van der Waals surface area (Å²) < 4.78 is 22.5. The largest absolute Gasteiger partial charge is 0.397 e. The normalized spacial score (nSPS) is 15.3. The second-order valence-corrected chi connectivity index (χ2v) is 8.68. The Morgan fingerprint density at radius 2 is 2.00 bits per heavy atom. The highest BCUT2D eigenvalue weighted by molar-refractivity contribution is 7.92. The second-order valence-electron chi connectivity index (χ2n) is 6.03. The van der Waals surface area contributed by atoms with E-state index in [1.165, 1.54) is 6.26 Å². The van der Waals surface area contributed by atoms with E-state index < -0.39 is 14.6 Å². The summed E-state index contributed by atoms with van der Waals surface area (Å²) in [5, 5.41) is 5.87. The number of carbonyl (C=O) groups excluding carboxylic acids is 1. The Morgan fingerprint density at radius 1 is 1.33 bits per heavy atom. The molecular formula is C14H21N3O3S. The number of benzene rings is 1. The Bertz CT molecular complexity index is 681. The Hall–Kier alpha value is -1.76. The standard InChI is InChI=1S/C14H21N3O3S/c1-14(2,21(3,19)20)8-16-12-7-11-9(6-10(12)15)4-5-13(18)17-11/h6-7,16H,4-5,8,15H2,1-3H3,(H,17,18). The van der Waals surface area contributed by atoms with Gasteiger partial charge in [-0.15, -0.1) is 0 Å². The lowest BCUT2D eigenvalue weighted by Crippen LogP contribution is -2.38. The van der Waals surface area contributed by atoms with Crippen LogP contribution in [0, 0.1) is 0 Å². The van der Waals surface area contributed by atoms with Crippen LogP contribution in [-0.4, -0.2) is 31.9 Å². The van der Waals surface area contributed by atoms with E-state index in [9.17, 15) is 13.2 Å². The number of nitrogens with two attached hydrogens (primary N) is 1. The van der Waals surface area contributed by atoms with Crippen molar-refractivity contribution in [3.05, 3.63) is 17.7 Å². The fraction of sp³-hybridized carbons (Fsp3) is 0.500. The van der Waals surface area contributed by atoms with E-state index in [4.69, 9.17) is 5.73 Å². The van der Waals surface area contributed by atoms with Crippen LogP contribution in [0.25, 0.3) is 0 Å². The van der Waals surface area contributed by atoms with Gasteiger partial charge in [-0.25, -0.2) is 8.42 Å². The first kappa shape index (κ1) is 15.6. The highest BCUT2D eigenvalue weighted by atomic mass is 32.2. The summed E-state index contributed by atoms with van der Waals surface area (Å²) >= 11 is 0. The molecule has 1 aliphatic rings. The van der Waals surface area contributed by atoms with Crippen molar-refractivity contribution in [2.75, 3.05) is 29.2 Å². The van der Waals surface area contributed by atoms with Crippen LogP contribution in [0.2, 0.25) is 0 Å². The van der Waals surface area contributed by atoms with Crippen LogP contribution >= 0.6 is 0 Å². The highest BCUT2D eigenvalue weighted by Gasteiger charge is 2.30. The molecule has 6 nitrogen and oxygen atoms in total. The van der Waals surface area contributed by atoms with Gasteiger partial charge in [-0.05, 0) is 38.0 Å². The molecule has 1 aromatic carbocycles. The first-order chi connectivity index (χ1) is 9.60. The van der Waals surface area contributed by atoms with E-state index in [-0.39, 0.29) is 12.5 Å². The molecule has 21 heavy (non-hydrogen) atoms. The van der Waals surface area contributed by atoms with Gasteiger partial charge >= 0.3 is 0 Å². The maximum atomic E-state index is 11.7. The maximum absolute atomic E-state index is 11.7. The zero-order valence-electron chi connectivity index (χ0n) is 12.5. The topological polar surface area (TPSA) is 101 Å². The number of nitrogen functional groups attached to an aromatic ring is 1. The molecule has 1 aliphatic heterocycles. The molecule has 0 bridgehead atoms. The first-order valence-corrected chi connectivity index (χ1v) is 8.65. The Morgan fingerprint density at radius 3 is 2.62 bits per heavy atom. The fourth-order valence-electron chi connectivity index (χ4n) is 2.04. The van der Waals surface area contributed by atoms with Crippen LogP contribution in [0.3, 0.4) is 0 Å². The van der Waals surface area contributed by atoms with Gasteiger partial charge in [0.15, 0.2) is 9.84 Å². The van der Waals surface area contributed by atoms with E-state index in [1.807, 2.05) is 6.07 Å². The molecule has 0 fully saturated rings. The fourth-order valence-corrected chi connectivity index (χ4v) is 2.37. The summed E-state index contributed by atoms with van der Waals surface area (Å²) in [6.45, 7) is 3.56. The van der Waals surface area contributed by atoms with Gasteiger partial charge in [0.05, 0.1) is 16.1 Å². The lowest BCUT2D eigenvalue weighted by Gasteiger charge is -2.25. The molecule has 0 aliphatic carbocycles. The summed E-state index contributed by atoms with van der Waals surface area (Å²) in [4.78, 5) is 11.4. The predicted molar refractivity (Wildman–Crippen MR) is 85.2 cm³/mol. The smallest absolute Gasteiger partial charge is 0.224 e. The van der Waals surface area contributed by atoms with Crippen LogP contribution in [-0.2, 0) is 21.1 Å². The monoisotopic (exact) mass is 311 g/mol. The average Bonchev–Trinajstić information content (AvgIpc) is 2.35. The highest BCUT2D eigenvalue weighted by Crippen LogP contribution is 2.31. The third kappa shape index (κ3) is 3.29. The van der Waals surface area contributed by atoms with Crippen LogP contribution in [0.5, 0.6) is 0 Å². The number of aryl methyl sites for hydroxylation is 1. The number of rotatable bonds is 4. The number of nitrogens with one attached hydrogen (secondary N) is 2. The first-order valence-electron chi connectivity index (χ1n) is 6.76. The Balaban J connectivity index is 2.22. The summed E-state index contributed by atoms with van der Waals surface area (Å²) in [5.41, 5.74) is 8.91. The molecular weight excluding hydrogens is 290 g/mol. The molecule has 4 N–H and O–H groups in total. The number of hydrogen-bond donors (Lipinski definition) is 3. The van der Waals surface area contributed by atoms with Crippen LogP contribution in [0.1, 0.15) is 25.8 Å². The minimum absolute atomic E-state index is 0.0188. The lowest BCUT2D eigenvalue weighted by molar-refractivity contribution is -0.116. The van der Waals surface area contributed by atoms with Gasteiger partial charge in [0.2, 0.25) is 5.91 Å². The molecule has 0 saturated heterocycles. The van der Waals surface area contributed by atoms with Gasteiger partial charge in [0.1, 0.15) is 0 Å². The molecule has 1 heterocycles. The van der Waals surface area contributed by atoms with Crippen LogP contribution in [0.4, 0.5) is 17.1 Å². The Kier molecular flexibility index (Phi) is 3.88. The van der Waals surface area contributed by atoms with E-state index in [2.05, 4.69) is 10.6 Å². The zero-order chi connectivity index (χ0) is 15.8. The molecule has 0 atom stereocenters. The van der Waals surface area contributed by atoms with Gasteiger partial charge in [0.25, 0.3) is 0 Å². The minimum atomic E-state index is -3.18. The molecule has 0 radical (unpaired) electrons. The molecule has 1 amide bonds. The zero-order valence-corrected chi connectivity index (χ0v) is 13.3. The van der Waals surface area contributed by atoms with Crippen LogP contribution < -0.4 is 16.4 Å². The summed E-state index contributed by atoms with van der Waals surface area (Å²) in [6, 6.07) is 3.59. The molecule has 0 unspecified atom stereocenters. The van der Waals surface area contributed by atoms with Gasteiger partial charge in [-0.1, -0.05) is 0 Å². The number of anilines is 3. The average molecular weight is 311 g/mol. The van der Waals surface area contributed by atoms with Crippen molar-refractivity contribution in [2.45, 2.75) is 31.4 Å². The third-order valence-corrected chi connectivity index (χ3v) is 6.03. The van der Waals surface area contributed by atoms with Crippen molar-refractivity contribution in [1.82, 2.24) is 0 Å². The molecule has 0 spiro atoms. The van der Waals surface area contributed by atoms with Crippen molar-refractivity contribution in [1.29, 1.82) is 0 Å². The molecule has 116 valence electrons.